The first-order valence-corrected chi connectivity index (χ1v) is 9.10. The first-order chi connectivity index (χ1) is 12.8. The highest BCUT2D eigenvalue weighted by molar-refractivity contribution is 5.98. The second-order valence-electron chi connectivity index (χ2n) is 7.45. The van der Waals surface area contributed by atoms with Gasteiger partial charge in [0, 0.05) is 31.1 Å². The van der Waals surface area contributed by atoms with Crippen LogP contribution in [0.3, 0.4) is 0 Å². The Labute approximate surface area is 153 Å². The van der Waals surface area contributed by atoms with Gasteiger partial charge in [-0.3, -0.25) is 9.59 Å². The molecule has 1 saturated carbocycles. The summed E-state index contributed by atoms with van der Waals surface area (Å²) >= 11 is 0. The van der Waals surface area contributed by atoms with Gasteiger partial charge in [-0.05, 0) is 12.8 Å². The van der Waals surface area contributed by atoms with E-state index in [4.69, 9.17) is 4.74 Å². The Morgan fingerprint density at radius 2 is 2.15 bits per heavy atom. The third-order valence-electron chi connectivity index (χ3n) is 5.83. The van der Waals surface area contributed by atoms with Gasteiger partial charge >= 0.3 is 5.97 Å². The molecule has 1 N–H and O–H groups in total. The molecule has 1 unspecified atom stereocenters. The minimum absolute atomic E-state index is 0.0303. The van der Waals surface area contributed by atoms with Crippen molar-refractivity contribution in [3.05, 3.63) is 27.7 Å². The van der Waals surface area contributed by atoms with Crippen LogP contribution in [-0.2, 0) is 6.54 Å². The van der Waals surface area contributed by atoms with Crippen molar-refractivity contribution in [3.8, 4) is 5.75 Å². The summed E-state index contributed by atoms with van der Waals surface area (Å²) in [5.74, 6) is -6.05. The van der Waals surface area contributed by atoms with Gasteiger partial charge in [-0.2, -0.15) is 0 Å². The lowest BCUT2D eigenvalue weighted by Gasteiger charge is -2.43. The molecule has 2 bridgehead atoms. The minimum atomic E-state index is -2.83. The molecule has 3 atom stereocenters. The lowest BCUT2D eigenvalue weighted by molar-refractivity contribution is -0.0887. The number of hydrogen-bond donors (Lipinski definition) is 1. The summed E-state index contributed by atoms with van der Waals surface area (Å²) in [5.41, 5.74) is -1.42. The number of carboxylic acids is 1. The van der Waals surface area contributed by atoms with Crippen LogP contribution in [0.5, 0.6) is 5.75 Å². The highest BCUT2D eigenvalue weighted by Crippen LogP contribution is 2.53. The van der Waals surface area contributed by atoms with Crippen LogP contribution in [0.2, 0.25) is 0 Å². The smallest absolute Gasteiger partial charge is 0.341 e. The van der Waals surface area contributed by atoms with Crippen molar-refractivity contribution in [2.24, 2.45) is 5.92 Å². The van der Waals surface area contributed by atoms with Gasteiger partial charge in [0.2, 0.25) is 5.43 Å². The number of ether oxygens (including phenoxy) is 1. The average Bonchev–Trinajstić information content (AvgIpc) is 3.10. The van der Waals surface area contributed by atoms with Gasteiger partial charge in [0.15, 0.2) is 11.4 Å². The number of amides is 1. The summed E-state index contributed by atoms with van der Waals surface area (Å²) in [6.07, 6.45) is 2.35. The first kappa shape index (κ1) is 17.9. The summed E-state index contributed by atoms with van der Waals surface area (Å²) in [4.78, 5) is 38.5. The van der Waals surface area contributed by atoms with Crippen molar-refractivity contribution >= 4 is 11.9 Å². The molecule has 2 aliphatic heterocycles. The normalized spacial score (nSPS) is 27.4. The standard InChI is InChI=1S/C18H20F2N2O5/c1-2-3-4-27-15-13-16(24)22-9-5-11(18(19,20)6-9)12(22)8-21(13)7-10(14(15)23)17(25)26/h7,9,11-12H,2-6,8H2,1H3,(H,25,26)/t9-,11?,12+/m1/s1. The van der Waals surface area contributed by atoms with E-state index >= 15 is 0 Å². The summed E-state index contributed by atoms with van der Waals surface area (Å²) in [5, 5.41) is 9.32. The molecule has 1 aliphatic carbocycles. The quantitative estimate of drug-likeness (QED) is 0.787. The summed E-state index contributed by atoms with van der Waals surface area (Å²) in [7, 11) is 0. The van der Waals surface area contributed by atoms with E-state index < -0.39 is 46.8 Å². The number of nitrogens with zero attached hydrogens (tertiary/aromatic N) is 2. The number of carbonyl (C=O) groups excluding carboxylic acids is 1. The Kier molecular flexibility index (Phi) is 4.01. The molecule has 0 radical (unpaired) electrons. The lowest BCUT2D eigenvalue weighted by atomic mass is 9.92. The van der Waals surface area contributed by atoms with Crippen LogP contribution < -0.4 is 10.2 Å². The Hall–Kier alpha value is -2.45. The molecule has 3 heterocycles. The van der Waals surface area contributed by atoms with E-state index in [0.717, 1.165) is 12.6 Å². The predicted molar refractivity (Wildman–Crippen MR) is 89.5 cm³/mol. The van der Waals surface area contributed by atoms with E-state index in [0.29, 0.717) is 6.42 Å². The van der Waals surface area contributed by atoms with Crippen molar-refractivity contribution in [2.75, 3.05) is 6.61 Å². The molecule has 1 amide bonds. The van der Waals surface area contributed by atoms with Crippen LogP contribution in [0.25, 0.3) is 0 Å². The van der Waals surface area contributed by atoms with E-state index in [9.17, 15) is 28.3 Å². The van der Waals surface area contributed by atoms with E-state index in [2.05, 4.69) is 0 Å². The van der Waals surface area contributed by atoms with Crippen LogP contribution in [-0.4, -0.2) is 51.1 Å². The molecular weight excluding hydrogens is 362 g/mol. The molecule has 2 fully saturated rings. The molecule has 0 spiro atoms. The summed E-state index contributed by atoms with van der Waals surface area (Å²) < 4.78 is 35.1. The van der Waals surface area contributed by atoms with Crippen molar-refractivity contribution in [2.45, 2.75) is 57.2 Å². The number of hydrogen-bond acceptors (Lipinski definition) is 4. The fraction of sp³-hybridized carbons (Fsp3) is 0.611. The Morgan fingerprint density at radius 1 is 1.41 bits per heavy atom. The third kappa shape index (κ3) is 2.55. The summed E-state index contributed by atoms with van der Waals surface area (Å²) in [6, 6.07) is -1.26. The molecule has 1 aromatic heterocycles. The predicted octanol–water partition coefficient (Wildman–Crippen LogP) is 1.98. The molecule has 146 valence electrons. The van der Waals surface area contributed by atoms with E-state index in [1.54, 1.807) is 0 Å². The molecule has 0 aromatic carbocycles. The molecule has 4 rings (SSSR count). The van der Waals surface area contributed by atoms with Crippen LogP contribution >= 0.6 is 0 Å². The fourth-order valence-corrected chi connectivity index (χ4v) is 4.59. The van der Waals surface area contributed by atoms with Gasteiger partial charge in [-0.1, -0.05) is 13.3 Å². The number of halogens is 2. The zero-order valence-electron chi connectivity index (χ0n) is 14.8. The second-order valence-corrected chi connectivity index (χ2v) is 7.45. The maximum Gasteiger partial charge on any atom is 0.341 e. The topological polar surface area (TPSA) is 88.8 Å². The largest absolute Gasteiger partial charge is 0.487 e. The van der Waals surface area contributed by atoms with Crippen molar-refractivity contribution in [1.82, 2.24) is 9.47 Å². The second kappa shape index (κ2) is 6.03. The van der Waals surface area contributed by atoms with E-state index in [1.165, 1.54) is 9.47 Å². The Balaban J connectivity index is 1.81. The number of alkyl halides is 2. The van der Waals surface area contributed by atoms with Gasteiger partial charge in [-0.25, -0.2) is 13.6 Å². The van der Waals surface area contributed by atoms with Crippen LogP contribution in [0.1, 0.15) is 53.5 Å². The highest BCUT2D eigenvalue weighted by Gasteiger charge is 2.63. The number of fused-ring (bicyclic) bond motifs is 6. The summed E-state index contributed by atoms with van der Waals surface area (Å²) in [6.45, 7) is 2.13. The molecule has 7 nitrogen and oxygen atoms in total. The number of pyridine rings is 1. The van der Waals surface area contributed by atoms with E-state index in [-0.39, 0.29) is 37.4 Å². The van der Waals surface area contributed by atoms with Gasteiger partial charge in [0.05, 0.1) is 12.6 Å². The van der Waals surface area contributed by atoms with Crippen molar-refractivity contribution < 1.29 is 28.2 Å². The van der Waals surface area contributed by atoms with Crippen LogP contribution in [0.15, 0.2) is 11.0 Å². The monoisotopic (exact) mass is 382 g/mol. The van der Waals surface area contributed by atoms with Crippen LogP contribution in [0.4, 0.5) is 8.78 Å². The Bertz CT molecular complexity index is 881. The SMILES string of the molecule is CCCCOc1c2n(cc(C(=O)O)c1=O)C[C@H]1C3C[C@H](CC3(F)F)N1C2=O. The molecule has 1 aromatic rings. The average molecular weight is 382 g/mol. The fourth-order valence-electron chi connectivity index (χ4n) is 4.59. The van der Waals surface area contributed by atoms with Crippen LogP contribution in [0, 0.1) is 5.92 Å². The van der Waals surface area contributed by atoms with Gasteiger partial charge < -0.3 is 19.3 Å². The number of rotatable bonds is 5. The minimum Gasteiger partial charge on any atom is -0.487 e. The number of unbranched alkanes of at least 4 members (excludes halogenated alkanes) is 1. The van der Waals surface area contributed by atoms with E-state index in [1.807, 2.05) is 6.92 Å². The number of aromatic carboxylic acids is 1. The Morgan fingerprint density at radius 3 is 2.81 bits per heavy atom. The highest BCUT2D eigenvalue weighted by atomic mass is 19.3. The number of aromatic nitrogens is 1. The zero-order valence-corrected chi connectivity index (χ0v) is 14.8. The molecule has 9 heteroatoms. The number of piperidine rings is 1. The maximum absolute atomic E-state index is 14.2. The zero-order chi connectivity index (χ0) is 19.5. The molecule has 1 saturated heterocycles. The van der Waals surface area contributed by atoms with Gasteiger partial charge in [0.25, 0.3) is 11.8 Å². The van der Waals surface area contributed by atoms with Crippen molar-refractivity contribution in [3.63, 3.8) is 0 Å². The number of carbonyl (C=O) groups is 2. The number of carboxylic acid groups (broad SMARTS) is 1. The van der Waals surface area contributed by atoms with Gasteiger partial charge in [-0.15, -0.1) is 0 Å². The first-order valence-electron chi connectivity index (χ1n) is 9.10. The maximum atomic E-state index is 14.2. The third-order valence-corrected chi connectivity index (χ3v) is 5.83. The molecule has 27 heavy (non-hydrogen) atoms. The molecular formula is C18H20F2N2O5. The van der Waals surface area contributed by atoms with Crippen molar-refractivity contribution in [1.29, 1.82) is 0 Å². The lowest BCUT2D eigenvalue weighted by Crippen LogP contribution is -2.56. The molecule has 3 aliphatic rings. The van der Waals surface area contributed by atoms with Gasteiger partial charge in [0.1, 0.15) is 5.56 Å².